The normalized spacial score (nSPS) is 15.8. The van der Waals surface area contributed by atoms with Gasteiger partial charge in [-0.15, -0.1) is 0 Å². The van der Waals surface area contributed by atoms with Crippen LogP contribution in [0.15, 0.2) is 18.2 Å². The number of amides is 2. The Bertz CT molecular complexity index is 376. The van der Waals surface area contributed by atoms with Gasteiger partial charge >= 0.3 is 6.03 Å². The van der Waals surface area contributed by atoms with Gasteiger partial charge in [-0.05, 0) is 24.6 Å². The minimum Gasteiger partial charge on any atom is -0.397 e. The number of hydrogen-bond acceptors (Lipinski definition) is 2. The number of nitrogens with two attached hydrogens (primary N) is 1. The first-order valence-corrected chi connectivity index (χ1v) is 4.60. The Balaban J connectivity index is 2.39. The molecule has 3 N–H and O–H groups in total. The van der Waals surface area contributed by atoms with Crippen molar-refractivity contribution in [1.82, 2.24) is 5.32 Å². The summed E-state index contributed by atoms with van der Waals surface area (Å²) in [7, 11) is 0. The van der Waals surface area contributed by atoms with Gasteiger partial charge in [-0.25, -0.2) is 4.79 Å². The van der Waals surface area contributed by atoms with Crippen LogP contribution < -0.4 is 16.0 Å². The third-order valence-electron chi connectivity index (χ3n) is 2.33. The Kier molecular flexibility index (Phi) is 2.04. The smallest absolute Gasteiger partial charge is 0.322 e. The summed E-state index contributed by atoms with van der Waals surface area (Å²) in [6, 6.07) is 5.63. The highest BCUT2D eigenvalue weighted by Crippen LogP contribution is 2.25. The summed E-state index contributed by atoms with van der Waals surface area (Å²) in [6.45, 7) is 3.36. The van der Waals surface area contributed by atoms with E-state index in [4.69, 9.17) is 5.73 Å². The number of nitrogen functional groups attached to an aromatic ring is 1. The van der Waals surface area contributed by atoms with Crippen LogP contribution in [0, 0.1) is 6.92 Å². The quantitative estimate of drug-likeness (QED) is 0.653. The molecular weight excluding hydrogens is 178 g/mol. The van der Waals surface area contributed by atoms with E-state index in [-0.39, 0.29) is 6.03 Å². The van der Waals surface area contributed by atoms with Gasteiger partial charge in [0, 0.05) is 13.1 Å². The zero-order valence-corrected chi connectivity index (χ0v) is 8.08. The van der Waals surface area contributed by atoms with Crippen molar-refractivity contribution in [3.8, 4) is 0 Å². The third kappa shape index (κ3) is 1.39. The molecule has 0 unspecified atom stereocenters. The van der Waals surface area contributed by atoms with Crippen LogP contribution in [0.1, 0.15) is 5.56 Å². The van der Waals surface area contributed by atoms with Crippen molar-refractivity contribution in [3.05, 3.63) is 23.8 Å². The lowest BCUT2D eigenvalue weighted by Gasteiger charge is -2.16. The number of nitrogens with one attached hydrogen (secondary N) is 1. The van der Waals surface area contributed by atoms with Crippen molar-refractivity contribution in [3.63, 3.8) is 0 Å². The van der Waals surface area contributed by atoms with Crippen LogP contribution in [0.4, 0.5) is 16.2 Å². The van der Waals surface area contributed by atoms with Gasteiger partial charge in [0.2, 0.25) is 0 Å². The monoisotopic (exact) mass is 191 g/mol. The first-order valence-electron chi connectivity index (χ1n) is 4.60. The summed E-state index contributed by atoms with van der Waals surface area (Å²) in [5, 5.41) is 2.75. The summed E-state index contributed by atoms with van der Waals surface area (Å²) in [5.74, 6) is 0. The fourth-order valence-electron chi connectivity index (χ4n) is 1.59. The fraction of sp³-hybridized carbons (Fsp3) is 0.300. The van der Waals surface area contributed by atoms with Gasteiger partial charge < -0.3 is 11.1 Å². The molecule has 0 saturated carbocycles. The predicted molar refractivity (Wildman–Crippen MR) is 56.3 cm³/mol. The molecule has 0 radical (unpaired) electrons. The molecule has 0 atom stereocenters. The van der Waals surface area contributed by atoms with Crippen LogP contribution in [-0.2, 0) is 0 Å². The molecule has 0 aromatic heterocycles. The molecule has 1 fully saturated rings. The van der Waals surface area contributed by atoms with E-state index in [1.54, 1.807) is 4.90 Å². The van der Waals surface area contributed by atoms with E-state index in [0.29, 0.717) is 18.8 Å². The Hall–Kier alpha value is -1.71. The van der Waals surface area contributed by atoms with Crippen LogP contribution in [0.5, 0.6) is 0 Å². The molecular formula is C10H13N3O. The molecule has 4 nitrogen and oxygen atoms in total. The van der Waals surface area contributed by atoms with Crippen molar-refractivity contribution in [2.24, 2.45) is 0 Å². The van der Waals surface area contributed by atoms with Crippen LogP contribution in [0.2, 0.25) is 0 Å². The zero-order valence-electron chi connectivity index (χ0n) is 8.08. The van der Waals surface area contributed by atoms with Gasteiger partial charge in [0.15, 0.2) is 0 Å². The second kappa shape index (κ2) is 3.21. The van der Waals surface area contributed by atoms with Gasteiger partial charge in [0.05, 0.1) is 11.4 Å². The molecule has 1 aliphatic rings. The van der Waals surface area contributed by atoms with Crippen LogP contribution >= 0.6 is 0 Å². The second-order valence-electron chi connectivity index (χ2n) is 3.45. The fourth-order valence-corrected chi connectivity index (χ4v) is 1.59. The molecule has 2 amide bonds. The summed E-state index contributed by atoms with van der Waals surface area (Å²) < 4.78 is 0. The van der Waals surface area contributed by atoms with Gasteiger partial charge in [-0.3, -0.25) is 4.90 Å². The maximum absolute atomic E-state index is 11.4. The van der Waals surface area contributed by atoms with Crippen LogP contribution in [0.3, 0.4) is 0 Å². The standard InChI is InChI=1S/C10H13N3O/c1-7-2-3-8(11)9(6-7)13-5-4-12-10(13)14/h2-3,6H,4-5,11H2,1H3,(H,12,14). The summed E-state index contributed by atoms with van der Waals surface area (Å²) >= 11 is 0. The lowest BCUT2D eigenvalue weighted by molar-refractivity contribution is 0.252. The zero-order chi connectivity index (χ0) is 10.1. The number of anilines is 2. The summed E-state index contributed by atoms with van der Waals surface area (Å²) in [5.41, 5.74) is 8.37. The van der Waals surface area contributed by atoms with Crippen molar-refractivity contribution < 1.29 is 4.79 Å². The third-order valence-corrected chi connectivity index (χ3v) is 2.33. The molecule has 2 rings (SSSR count). The number of nitrogens with zero attached hydrogens (tertiary/aromatic N) is 1. The lowest BCUT2D eigenvalue weighted by atomic mass is 10.2. The minimum absolute atomic E-state index is 0.0673. The molecule has 1 heterocycles. The van der Waals surface area contributed by atoms with Crippen LogP contribution in [0.25, 0.3) is 0 Å². The number of carbonyl (C=O) groups is 1. The van der Waals surface area contributed by atoms with E-state index in [1.165, 1.54) is 0 Å². The topological polar surface area (TPSA) is 58.4 Å². The molecule has 1 saturated heterocycles. The van der Waals surface area contributed by atoms with Crippen molar-refractivity contribution in [1.29, 1.82) is 0 Å². The van der Waals surface area contributed by atoms with E-state index in [1.807, 2.05) is 25.1 Å². The average Bonchev–Trinajstić information content (AvgIpc) is 2.56. The SMILES string of the molecule is Cc1ccc(N)c(N2CCNC2=O)c1. The van der Waals surface area contributed by atoms with Gasteiger partial charge in [-0.1, -0.05) is 6.07 Å². The first-order chi connectivity index (χ1) is 6.68. The molecule has 1 aliphatic heterocycles. The maximum Gasteiger partial charge on any atom is 0.322 e. The highest BCUT2D eigenvalue weighted by molar-refractivity contribution is 5.97. The van der Waals surface area contributed by atoms with E-state index in [2.05, 4.69) is 5.32 Å². The van der Waals surface area contributed by atoms with Crippen molar-refractivity contribution in [2.75, 3.05) is 23.7 Å². The van der Waals surface area contributed by atoms with Crippen molar-refractivity contribution in [2.45, 2.75) is 6.92 Å². The molecule has 4 heteroatoms. The largest absolute Gasteiger partial charge is 0.397 e. The Morgan fingerprint density at radius 2 is 2.29 bits per heavy atom. The van der Waals surface area contributed by atoms with Gasteiger partial charge in [0.25, 0.3) is 0 Å². The predicted octanol–water partition coefficient (Wildman–Crippen LogP) is 1.11. The van der Waals surface area contributed by atoms with Crippen molar-refractivity contribution >= 4 is 17.4 Å². The minimum atomic E-state index is -0.0673. The Labute approximate surface area is 82.7 Å². The van der Waals surface area contributed by atoms with E-state index < -0.39 is 0 Å². The highest BCUT2D eigenvalue weighted by atomic mass is 16.2. The molecule has 0 spiro atoms. The van der Waals surface area contributed by atoms with E-state index >= 15 is 0 Å². The average molecular weight is 191 g/mol. The first kappa shape index (κ1) is 8.87. The maximum atomic E-state index is 11.4. The molecule has 1 aromatic carbocycles. The molecule has 74 valence electrons. The number of carbonyl (C=O) groups excluding carboxylic acids is 1. The number of benzene rings is 1. The van der Waals surface area contributed by atoms with Gasteiger partial charge in [-0.2, -0.15) is 0 Å². The lowest BCUT2D eigenvalue weighted by Crippen LogP contribution is -2.28. The van der Waals surface area contributed by atoms with E-state index in [0.717, 1.165) is 11.3 Å². The summed E-state index contributed by atoms with van der Waals surface area (Å²) in [4.78, 5) is 13.1. The number of aryl methyl sites for hydroxylation is 1. The number of rotatable bonds is 1. The molecule has 0 aliphatic carbocycles. The van der Waals surface area contributed by atoms with Crippen LogP contribution in [-0.4, -0.2) is 19.1 Å². The number of hydrogen-bond donors (Lipinski definition) is 2. The summed E-state index contributed by atoms with van der Waals surface area (Å²) in [6.07, 6.45) is 0. The highest BCUT2D eigenvalue weighted by Gasteiger charge is 2.22. The molecule has 0 bridgehead atoms. The molecule has 1 aromatic rings. The second-order valence-corrected chi connectivity index (χ2v) is 3.45. The Morgan fingerprint density at radius 1 is 1.50 bits per heavy atom. The van der Waals surface area contributed by atoms with E-state index in [9.17, 15) is 4.79 Å². The van der Waals surface area contributed by atoms with Gasteiger partial charge in [0.1, 0.15) is 0 Å². The number of urea groups is 1. The molecule has 14 heavy (non-hydrogen) atoms. The Morgan fingerprint density at radius 3 is 2.93 bits per heavy atom.